The Balaban J connectivity index is 1.61. The molecule has 0 aliphatic rings. The average Bonchev–Trinajstić information content (AvgIpc) is 3.26. The van der Waals surface area contributed by atoms with Crippen molar-refractivity contribution in [1.29, 1.82) is 0 Å². The van der Waals surface area contributed by atoms with Crippen molar-refractivity contribution in [3.05, 3.63) is 60.6 Å². The highest BCUT2D eigenvalue weighted by molar-refractivity contribution is 7.77. The number of hydrogen-bond acceptors (Lipinski definition) is 6. The van der Waals surface area contributed by atoms with Crippen LogP contribution in [-0.4, -0.2) is 33.1 Å². The highest BCUT2D eigenvalue weighted by atomic mass is 32.2. The van der Waals surface area contributed by atoms with Crippen molar-refractivity contribution < 1.29 is 8.76 Å². The Labute approximate surface area is 157 Å². The molecule has 9 nitrogen and oxygen atoms in total. The molecule has 2 N–H and O–H groups in total. The second-order valence-corrected chi connectivity index (χ2v) is 6.68. The Bertz CT molecular complexity index is 1120. The van der Waals surface area contributed by atoms with E-state index in [1.807, 2.05) is 49.6 Å². The molecule has 0 amide bonds. The Morgan fingerprint density at radius 3 is 2.89 bits per heavy atom. The third-order valence-electron chi connectivity index (χ3n) is 3.98. The van der Waals surface area contributed by atoms with E-state index in [1.165, 1.54) is 0 Å². The fourth-order valence-corrected chi connectivity index (χ4v) is 3.05. The topological polar surface area (TPSA) is 112 Å². The van der Waals surface area contributed by atoms with Crippen molar-refractivity contribution in [2.75, 3.05) is 5.32 Å². The SMILES string of the molecule is Cn1cc(-c2ccc3cnc(Nc4cccc(CNS(=O)[O-])c4)nn23)cn1. The lowest BCUT2D eigenvalue weighted by Crippen LogP contribution is -2.15. The van der Waals surface area contributed by atoms with Crippen molar-refractivity contribution in [3.8, 4) is 11.3 Å². The number of anilines is 2. The summed E-state index contributed by atoms with van der Waals surface area (Å²) < 4.78 is 27.2. The maximum atomic E-state index is 10.6. The molecule has 4 aromatic rings. The first-order valence-electron chi connectivity index (χ1n) is 8.11. The molecule has 4 rings (SSSR count). The number of benzene rings is 1. The van der Waals surface area contributed by atoms with Crippen LogP contribution in [0.5, 0.6) is 0 Å². The number of fused-ring (bicyclic) bond motifs is 1. The summed E-state index contributed by atoms with van der Waals surface area (Å²) in [7, 11) is 1.87. The van der Waals surface area contributed by atoms with E-state index in [0.717, 1.165) is 28.0 Å². The van der Waals surface area contributed by atoms with Gasteiger partial charge in [0.2, 0.25) is 5.95 Å². The van der Waals surface area contributed by atoms with E-state index in [2.05, 4.69) is 25.2 Å². The zero-order valence-electron chi connectivity index (χ0n) is 14.4. The summed E-state index contributed by atoms with van der Waals surface area (Å²) in [6.07, 6.45) is 5.45. The van der Waals surface area contributed by atoms with E-state index in [-0.39, 0.29) is 6.54 Å². The van der Waals surface area contributed by atoms with Crippen molar-refractivity contribution in [2.24, 2.45) is 7.05 Å². The molecule has 1 atom stereocenters. The van der Waals surface area contributed by atoms with Gasteiger partial charge in [-0.25, -0.2) is 14.2 Å². The van der Waals surface area contributed by atoms with Gasteiger partial charge in [-0.2, -0.15) is 5.10 Å². The fraction of sp³-hybridized carbons (Fsp3) is 0.118. The third-order valence-corrected chi connectivity index (χ3v) is 4.36. The summed E-state index contributed by atoms with van der Waals surface area (Å²) >= 11 is -2.30. The first-order chi connectivity index (χ1) is 13.1. The number of nitrogens with zero attached hydrogens (tertiary/aromatic N) is 5. The molecule has 10 heteroatoms. The van der Waals surface area contributed by atoms with Crippen LogP contribution in [0.1, 0.15) is 5.56 Å². The molecule has 0 saturated heterocycles. The summed E-state index contributed by atoms with van der Waals surface area (Å²) in [5.41, 5.74) is 4.33. The molecule has 1 aromatic carbocycles. The molecule has 0 saturated carbocycles. The second kappa shape index (κ2) is 7.27. The molecule has 1 unspecified atom stereocenters. The van der Waals surface area contributed by atoms with Gasteiger partial charge in [0.15, 0.2) is 0 Å². The van der Waals surface area contributed by atoms with Gasteiger partial charge in [-0.05, 0) is 29.8 Å². The van der Waals surface area contributed by atoms with E-state index in [4.69, 9.17) is 0 Å². The fourth-order valence-electron chi connectivity index (χ4n) is 2.76. The third kappa shape index (κ3) is 3.87. The van der Waals surface area contributed by atoms with E-state index < -0.39 is 11.3 Å². The van der Waals surface area contributed by atoms with Crippen molar-refractivity contribution in [2.45, 2.75) is 6.54 Å². The minimum absolute atomic E-state index is 0.217. The van der Waals surface area contributed by atoms with E-state index >= 15 is 0 Å². The van der Waals surface area contributed by atoms with Gasteiger partial charge in [-0.3, -0.25) is 8.89 Å². The Morgan fingerprint density at radius 1 is 1.22 bits per heavy atom. The van der Waals surface area contributed by atoms with Crippen LogP contribution in [0.3, 0.4) is 0 Å². The van der Waals surface area contributed by atoms with Crippen LogP contribution in [-0.2, 0) is 24.9 Å². The molecule has 3 aromatic heterocycles. The van der Waals surface area contributed by atoms with E-state index in [9.17, 15) is 8.76 Å². The Morgan fingerprint density at radius 2 is 2.11 bits per heavy atom. The number of aryl methyl sites for hydroxylation is 1. The maximum absolute atomic E-state index is 10.6. The molecule has 0 bridgehead atoms. The van der Waals surface area contributed by atoms with Crippen molar-refractivity contribution in [1.82, 2.24) is 29.1 Å². The molecule has 138 valence electrons. The van der Waals surface area contributed by atoms with Crippen LogP contribution >= 0.6 is 0 Å². The molecular formula is C17H16N7O2S-. The monoisotopic (exact) mass is 382 g/mol. The van der Waals surface area contributed by atoms with Gasteiger partial charge >= 0.3 is 0 Å². The lowest BCUT2D eigenvalue weighted by molar-refractivity contribution is 0.522. The summed E-state index contributed by atoms with van der Waals surface area (Å²) in [4.78, 5) is 4.34. The van der Waals surface area contributed by atoms with Gasteiger partial charge < -0.3 is 9.87 Å². The Hall–Kier alpha value is -3.08. The second-order valence-electron chi connectivity index (χ2n) is 5.92. The van der Waals surface area contributed by atoms with Crippen LogP contribution in [0.25, 0.3) is 16.8 Å². The summed E-state index contributed by atoms with van der Waals surface area (Å²) in [6.45, 7) is 0.217. The van der Waals surface area contributed by atoms with Crippen LogP contribution in [0.4, 0.5) is 11.6 Å². The first-order valence-corrected chi connectivity index (χ1v) is 9.18. The lowest BCUT2D eigenvalue weighted by Gasteiger charge is -2.10. The molecular weight excluding hydrogens is 366 g/mol. The summed E-state index contributed by atoms with van der Waals surface area (Å²) in [5, 5.41) is 11.9. The highest BCUT2D eigenvalue weighted by Gasteiger charge is 2.09. The van der Waals surface area contributed by atoms with Crippen LogP contribution in [0.2, 0.25) is 0 Å². The van der Waals surface area contributed by atoms with E-state index in [1.54, 1.807) is 21.6 Å². The van der Waals surface area contributed by atoms with Gasteiger partial charge in [0.05, 0.1) is 23.6 Å². The van der Waals surface area contributed by atoms with Gasteiger partial charge in [-0.15, -0.1) is 5.10 Å². The normalized spacial score (nSPS) is 12.4. The maximum Gasteiger partial charge on any atom is 0.245 e. The number of rotatable bonds is 6. The van der Waals surface area contributed by atoms with Crippen LogP contribution < -0.4 is 10.0 Å². The van der Waals surface area contributed by atoms with Crippen LogP contribution in [0.15, 0.2) is 55.0 Å². The van der Waals surface area contributed by atoms with Gasteiger partial charge in [0, 0.05) is 42.3 Å². The standard InChI is InChI=1S/C17H17N7O2S/c1-23-11-13(9-19-23)16-6-5-15-10-18-17(22-24(15)16)21-14-4-2-3-12(7-14)8-20-27(25)26/h2-7,9-11,20H,8H2,1H3,(H,21,22)(H,25,26)/p-1. The quantitative estimate of drug-likeness (QED) is 0.492. The molecule has 0 fully saturated rings. The summed E-state index contributed by atoms with van der Waals surface area (Å²) in [5.74, 6) is 0.432. The predicted octanol–water partition coefficient (Wildman–Crippen LogP) is 1.76. The number of hydrogen-bond donors (Lipinski definition) is 2. The van der Waals surface area contributed by atoms with Gasteiger partial charge in [0.1, 0.15) is 0 Å². The van der Waals surface area contributed by atoms with Gasteiger partial charge in [0.25, 0.3) is 0 Å². The molecule has 0 aliphatic heterocycles. The minimum Gasteiger partial charge on any atom is -0.760 e. The zero-order chi connectivity index (χ0) is 18.8. The smallest absolute Gasteiger partial charge is 0.245 e. The minimum atomic E-state index is -2.30. The van der Waals surface area contributed by atoms with Crippen LogP contribution in [0, 0.1) is 0 Å². The number of aromatic nitrogens is 5. The zero-order valence-corrected chi connectivity index (χ0v) is 15.2. The highest BCUT2D eigenvalue weighted by Crippen LogP contribution is 2.22. The van der Waals surface area contributed by atoms with Crippen molar-refractivity contribution in [3.63, 3.8) is 0 Å². The molecule has 0 radical (unpaired) electrons. The summed E-state index contributed by atoms with van der Waals surface area (Å²) in [6, 6.07) is 11.3. The Kier molecular flexibility index (Phi) is 4.67. The van der Waals surface area contributed by atoms with E-state index in [0.29, 0.717) is 5.95 Å². The molecule has 3 heterocycles. The van der Waals surface area contributed by atoms with Crippen molar-refractivity contribution >= 4 is 28.4 Å². The number of nitrogens with one attached hydrogen (secondary N) is 2. The lowest BCUT2D eigenvalue weighted by atomic mass is 10.2. The first kappa shape index (κ1) is 17.3. The van der Waals surface area contributed by atoms with Gasteiger partial charge in [-0.1, -0.05) is 12.1 Å². The predicted molar refractivity (Wildman–Crippen MR) is 101 cm³/mol. The average molecular weight is 382 g/mol. The molecule has 27 heavy (non-hydrogen) atoms. The molecule has 0 aliphatic carbocycles. The largest absolute Gasteiger partial charge is 0.760 e. The molecule has 0 spiro atoms.